The van der Waals surface area contributed by atoms with Crippen LogP contribution in [0.5, 0.6) is 0 Å². The number of carbonyl (C=O) groups excluding carboxylic acids is 2. The molecule has 4 nitrogen and oxygen atoms in total. The molecule has 1 aliphatic rings. The smallest absolute Gasteiger partial charge is 0.221 e. The minimum absolute atomic E-state index is 0.0109. The first-order valence-electron chi connectivity index (χ1n) is 7.44. The molecule has 1 aliphatic carbocycles. The number of hydrogen-bond donors (Lipinski definition) is 1. The Hall–Kier alpha value is -1.58. The van der Waals surface area contributed by atoms with Crippen LogP contribution >= 0.6 is 0 Å². The first-order chi connectivity index (χ1) is 9.63. The van der Waals surface area contributed by atoms with Crippen LogP contribution in [0.15, 0.2) is 24.3 Å². The molecule has 0 saturated heterocycles. The average molecular weight is 278 g/mol. The van der Waals surface area contributed by atoms with Gasteiger partial charge in [0.05, 0.1) is 0 Å². The standard InChI is InChI=1S/C16H26N2O2/c1-3-12-18(14(2)19)13-10-16(20)17-11-9-15-7-5-4-6-8-15/h3,7H,1,4-6,8-13H2,2H3,(H,17,20). The van der Waals surface area contributed by atoms with E-state index < -0.39 is 0 Å². The molecule has 0 aromatic rings. The van der Waals surface area contributed by atoms with Gasteiger partial charge in [0, 0.05) is 33.0 Å². The van der Waals surface area contributed by atoms with Crippen molar-refractivity contribution in [3.8, 4) is 0 Å². The molecule has 4 heteroatoms. The van der Waals surface area contributed by atoms with Crippen molar-refractivity contribution in [2.24, 2.45) is 0 Å². The highest BCUT2D eigenvalue weighted by molar-refractivity contribution is 5.78. The molecule has 0 spiro atoms. The SMILES string of the molecule is C=CCN(CCC(=O)NCCC1=CCCCC1)C(C)=O. The molecule has 0 aromatic heterocycles. The summed E-state index contributed by atoms with van der Waals surface area (Å²) in [5.74, 6) is -0.0122. The molecule has 2 amide bonds. The van der Waals surface area contributed by atoms with Crippen LogP contribution in [0.4, 0.5) is 0 Å². The summed E-state index contributed by atoms with van der Waals surface area (Å²) in [6, 6.07) is 0. The van der Waals surface area contributed by atoms with E-state index in [1.165, 1.54) is 38.2 Å². The van der Waals surface area contributed by atoms with Gasteiger partial charge in [-0.3, -0.25) is 9.59 Å². The van der Waals surface area contributed by atoms with E-state index in [1.807, 2.05) is 0 Å². The van der Waals surface area contributed by atoms with E-state index in [4.69, 9.17) is 0 Å². The van der Waals surface area contributed by atoms with Crippen LogP contribution in [0.3, 0.4) is 0 Å². The maximum Gasteiger partial charge on any atom is 0.221 e. The van der Waals surface area contributed by atoms with E-state index in [9.17, 15) is 9.59 Å². The van der Waals surface area contributed by atoms with E-state index in [-0.39, 0.29) is 11.8 Å². The molecule has 112 valence electrons. The lowest BCUT2D eigenvalue weighted by Crippen LogP contribution is -2.34. The minimum atomic E-state index is -0.0231. The van der Waals surface area contributed by atoms with E-state index in [0.717, 1.165) is 6.42 Å². The third-order valence-electron chi connectivity index (χ3n) is 3.56. The first-order valence-corrected chi connectivity index (χ1v) is 7.44. The van der Waals surface area contributed by atoms with Crippen LogP contribution in [0, 0.1) is 0 Å². The van der Waals surface area contributed by atoms with Gasteiger partial charge in [-0.05, 0) is 32.1 Å². The number of allylic oxidation sites excluding steroid dienone is 1. The number of amides is 2. The molecule has 0 aliphatic heterocycles. The largest absolute Gasteiger partial charge is 0.356 e. The quantitative estimate of drug-likeness (QED) is 0.693. The van der Waals surface area contributed by atoms with Gasteiger partial charge in [0.2, 0.25) is 11.8 Å². The zero-order chi connectivity index (χ0) is 14.8. The van der Waals surface area contributed by atoms with Gasteiger partial charge in [-0.2, -0.15) is 0 Å². The van der Waals surface area contributed by atoms with Crippen LogP contribution in [-0.4, -0.2) is 36.3 Å². The third-order valence-corrected chi connectivity index (χ3v) is 3.56. The predicted molar refractivity (Wildman–Crippen MR) is 81.2 cm³/mol. The van der Waals surface area contributed by atoms with Crippen molar-refractivity contribution in [3.05, 3.63) is 24.3 Å². The monoisotopic (exact) mass is 278 g/mol. The maximum atomic E-state index is 11.7. The Balaban J connectivity index is 2.17. The zero-order valence-electron chi connectivity index (χ0n) is 12.5. The minimum Gasteiger partial charge on any atom is -0.356 e. The lowest BCUT2D eigenvalue weighted by Gasteiger charge is -2.18. The molecule has 0 aromatic carbocycles. The fraction of sp³-hybridized carbons (Fsp3) is 0.625. The van der Waals surface area contributed by atoms with E-state index in [0.29, 0.717) is 26.1 Å². The Morgan fingerprint density at radius 2 is 2.25 bits per heavy atom. The molecular weight excluding hydrogens is 252 g/mol. The molecule has 0 heterocycles. The number of carbonyl (C=O) groups is 2. The summed E-state index contributed by atoms with van der Waals surface area (Å²) in [7, 11) is 0. The highest BCUT2D eigenvalue weighted by Gasteiger charge is 2.09. The summed E-state index contributed by atoms with van der Waals surface area (Å²) < 4.78 is 0. The van der Waals surface area contributed by atoms with Crippen molar-refractivity contribution >= 4 is 11.8 Å². The van der Waals surface area contributed by atoms with Crippen molar-refractivity contribution in [2.75, 3.05) is 19.6 Å². The lowest BCUT2D eigenvalue weighted by molar-refractivity contribution is -0.129. The fourth-order valence-corrected chi connectivity index (χ4v) is 2.35. The van der Waals surface area contributed by atoms with Crippen molar-refractivity contribution < 1.29 is 9.59 Å². The maximum absolute atomic E-state index is 11.7. The molecule has 1 rings (SSSR count). The molecule has 0 radical (unpaired) electrons. The molecule has 0 unspecified atom stereocenters. The van der Waals surface area contributed by atoms with E-state index in [2.05, 4.69) is 18.0 Å². The van der Waals surface area contributed by atoms with Gasteiger partial charge in [0.15, 0.2) is 0 Å². The summed E-state index contributed by atoms with van der Waals surface area (Å²) in [4.78, 5) is 24.6. The van der Waals surface area contributed by atoms with Gasteiger partial charge >= 0.3 is 0 Å². The summed E-state index contributed by atoms with van der Waals surface area (Å²) in [6.07, 6.45) is 10.2. The van der Waals surface area contributed by atoms with Crippen LogP contribution in [0.1, 0.15) is 45.4 Å². The molecule has 0 atom stereocenters. The lowest BCUT2D eigenvalue weighted by atomic mass is 9.97. The summed E-state index contributed by atoms with van der Waals surface area (Å²) in [6.45, 7) is 6.77. The predicted octanol–water partition coefficient (Wildman–Crippen LogP) is 2.42. The molecule has 1 N–H and O–H groups in total. The second-order valence-electron chi connectivity index (χ2n) is 5.21. The molecule has 20 heavy (non-hydrogen) atoms. The molecule has 0 fully saturated rings. The van der Waals surface area contributed by atoms with Crippen LogP contribution in [-0.2, 0) is 9.59 Å². The van der Waals surface area contributed by atoms with Crippen LogP contribution in [0.2, 0.25) is 0 Å². The van der Waals surface area contributed by atoms with Crippen LogP contribution < -0.4 is 5.32 Å². The van der Waals surface area contributed by atoms with Crippen molar-refractivity contribution in [1.82, 2.24) is 10.2 Å². The highest BCUT2D eigenvalue weighted by atomic mass is 16.2. The molecule has 0 saturated carbocycles. The average Bonchev–Trinajstić information content (AvgIpc) is 2.44. The van der Waals surface area contributed by atoms with Gasteiger partial charge in [-0.15, -0.1) is 6.58 Å². The summed E-state index contributed by atoms with van der Waals surface area (Å²) in [5, 5.41) is 2.92. The Kier molecular flexibility index (Phi) is 7.70. The topological polar surface area (TPSA) is 49.4 Å². The first kappa shape index (κ1) is 16.5. The summed E-state index contributed by atoms with van der Waals surface area (Å²) in [5.41, 5.74) is 1.47. The van der Waals surface area contributed by atoms with Crippen LogP contribution in [0.25, 0.3) is 0 Å². The second-order valence-corrected chi connectivity index (χ2v) is 5.21. The Labute approximate surface area is 121 Å². The number of nitrogens with one attached hydrogen (secondary N) is 1. The highest BCUT2D eigenvalue weighted by Crippen LogP contribution is 2.19. The number of hydrogen-bond acceptors (Lipinski definition) is 2. The summed E-state index contributed by atoms with van der Waals surface area (Å²) >= 11 is 0. The normalized spacial score (nSPS) is 14.3. The van der Waals surface area contributed by atoms with Gasteiger partial charge in [-0.25, -0.2) is 0 Å². The Morgan fingerprint density at radius 3 is 2.85 bits per heavy atom. The second kappa shape index (κ2) is 9.34. The Bertz CT molecular complexity index is 375. The third kappa shape index (κ3) is 6.55. The van der Waals surface area contributed by atoms with E-state index in [1.54, 1.807) is 11.0 Å². The van der Waals surface area contributed by atoms with Crippen molar-refractivity contribution in [3.63, 3.8) is 0 Å². The number of nitrogens with zero attached hydrogens (tertiary/aromatic N) is 1. The van der Waals surface area contributed by atoms with Gasteiger partial charge in [0.25, 0.3) is 0 Å². The zero-order valence-corrected chi connectivity index (χ0v) is 12.5. The van der Waals surface area contributed by atoms with Gasteiger partial charge < -0.3 is 10.2 Å². The Morgan fingerprint density at radius 1 is 1.45 bits per heavy atom. The fourth-order valence-electron chi connectivity index (χ4n) is 2.35. The van der Waals surface area contributed by atoms with Gasteiger partial charge in [0.1, 0.15) is 0 Å². The molecular formula is C16H26N2O2. The van der Waals surface area contributed by atoms with Crippen molar-refractivity contribution in [1.29, 1.82) is 0 Å². The van der Waals surface area contributed by atoms with Gasteiger partial charge in [-0.1, -0.05) is 17.7 Å². The van der Waals surface area contributed by atoms with E-state index >= 15 is 0 Å². The molecule has 0 bridgehead atoms. The van der Waals surface area contributed by atoms with Crippen molar-refractivity contribution in [2.45, 2.75) is 45.4 Å². The number of rotatable bonds is 8.